The first-order chi connectivity index (χ1) is 11.5. The summed E-state index contributed by atoms with van der Waals surface area (Å²) in [6.45, 7) is 3.36. The van der Waals surface area contributed by atoms with Gasteiger partial charge in [-0.05, 0) is 50.2 Å². The average Bonchev–Trinajstić information content (AvgIpc) is 3.04. The summed E-state index contributed by atoms with van der Waals surface area (Å²) in [5, 5.41) is 12.0. The number of nitrogens with one attached hydrogen (secondary N) is 1. The Balaban J connectivity index is 1.65. The average molecular weight is 329 g/mol. The third kappa shape index (κ3) is 3.44. The van der Waals surface area contributed by atoms with Crippen LogP contribution in [0.2, 0.25) is 0 Å². The topological polar surface area (TPSA) is 77.0 Å². The van der Waals surface area contributed by atoms with Crippen LogP contribution in [0.1, 0.15) is 13.8 Å². The number of rotatable bonds is 5. The molecular formula is C18H19NO5. The van der Waals surface area contributed by atoms with Gasteiger partial charge in [0.2, 0.25) is 12.7 Å². The van der Waals surface area contributed by atoms with Crippen molar-refractivity contribution in [3.05, 3.63) is 42.5 Å². The fourth-order valence-electron chi connectivity index (χ4n) is 2.05. The highest BCUT2D eigenvalue weighted by Gasteiger charge is 2.26. The number of anilines is 1. The largest absolute Gasteiger partial charge is 0.457 e. The lowest BCUT2D eigenvalue weighted by Crippen LogP contribution is -2.33. The van der Waals surface area contributed by atoms with Crippen LogP contribution in [0.4, 0.5) is 5.69 Å². The summed E-state index contributed by atoms with van der Waals surface area (Å²) in [5.74, 6) is 2.38. The number of carbonyl (C=O) groups excluding carboxylic acids is 1. The number of hydrogen-bond donors (Lipinski definition) is 2. The molecule has 1 heterocycles. The zero-order chi connectivity index (χ0) is 17.2. The van der Waals surface area contributed by atoms with E-state index in [2.05, 4.69) is 5.32 Å². The Morgan fingerprint density at radius 3 is 2.50 bits per heavy atom. The Morgan fingerprint density at radius 1 is 1.12 bits per heavy atom. The normalized spacial score (nSPS) is 12.8. The van der Waals surface area contributed by atoms with Crippen LogP contribution in [0.25, 0.3) is 0 Å². The molecule has 0 bridgehead atoms. The lowest BCUT2D eigenvalue weighted by molar-refractivity contribution is -0.125. The van der Waals surface area contributed by atoms with Crippen LogP contribution in [0.15, 0.2) is 42.5 Å². The monoisotopic (exact) mass is 329 g/mol. The SMILES string of the molecule is CC(C)(CO)C(=O)Nc1ccc(Oc2ccc3c(c2)OCO3)cc1. The molecule has 0 aromatic heterocycles. The second-order valence-electron chi connectivity index (χ2n) is 6.14. The van der Waals surface area contributed by atoms with Crippen molar-refractivity contribution in [1.82, 2.24) is 0 Å². The van der Waals surface area contributed by atoms with Crippen LogP contribution < -0.4 is 19.5 Å². The van der Waals surface area contributed by atoms with Gasteiger partial charge in [-0.2, -0.15) is 0 Å². The third-order valence-electron chi connectivity index (χ3n) is 3.70. The first-order valence-corrected chi connectivity index (χ1v) is 7.58. The molecule has 3 rings (SSSR count). The van der Waals surface area contributed by atoms with Crippen molar-refractivity contribution < 1.29 is 24.1 Å². The van der Waals surface area contributed by atoms with Crippen molar-refractivity contribution in [2.24, 2.45) is 5.41 Å². The molecule has 0 saturated heterocycles. The van der Waals surface area contributed by atoms with Crippen molar-refractivity contribution in [2.75, 3.05) is 18.7 Å². The van der Waals surface area contributed by atoms with Crippen molar-refractivity contribution >= 4 is 11.6 Å². The van der Waals surface area contributed by atoms with Crippen molar-refractivity contribution in [3.8, 4) is 23.0 Å². The number of aliphatic hydroxyl groups is 1. The zero-order valence-electron chi connectivity index (χ0n) is 13.5. The van der Waals surface area contributed by atoms with Gasteiger partial charge >= 0.3 is 0 Å². The smallest absolute Gasteiger partial charge is 0.232 e. The predicted octanol–water partition coefficient (Wildman–Crippen LogP) is 3.16. The van der Waals surface area contributed by atoms with Gasteiger partial charge in [0.05, 0.1) is 12.0 Å². The molecule has 1 aliphatic rings. The second kappa shape index (κ2) is 6.41. The Kier molecular flexibility index (Phi) is 4.31. The number of aliphatic hydroxyl groups excluding tert-OH is 1. The second-order valence-corrected chi connectivity index (χ2v) is 6.14. The third-order valence-corrected chi connectivity index (χ3v) is 3.70. The summed E-state index contributed by atoms with van der Waals surface area (Å²) in [6.07, 6.45) is 0. The molecule has 0 atom stereocenters. The maximum Gasteiger partial charge on any atom is 0.232 e. The molecule has 0 fully saturated rings. The Labute approximate surface area is 140 Å². The Morgan fingerprint density at radius 2 is 1.79 bits per heavy atom. The highest BCUT2D eigenvalue weighted by Crippen LogP contribution is 2.36. The van der Waals surface area contributed by atoms with Gasteiger partial charge in [0.25, 0.3) is 0 Å². The molecule has 126 valence electrons. The predicted molar refractivity (Wildman–Crippen MR) is 88.6 cm³/mol. The fourth-order valence-corrected chi connectivity index (χ4v) is 2.05. The minimum absolute atomic E-state index is 0.218. The number of fused-ring (bicyclic) bond motifs is 1. The van der Waals surface area contributed by atoms with E-state index < -0.39 is 5.41 Å². The van der Waals surface area contributed by atoms with E-state index in [0.29, 0.717) is 28.7 Å². The van der Waals surface area contributed by atoms with E-state index in [-0.39, 0.29) is 19.3 Å². The summed E-state index contributed by atoms with van der Waals surface area (Å²) in [7, 11) is 0. The van der Waals surface area contributed by atoms with Crippen molar-refractivity contribution in [3.63, 3.8) is 0 Å². The van der Waals surface area contributed by atoms with Gasteiger partial charge in [0.15, 0.2) is 11.5 Å². The summed E-state index contributed by atoms with van der Waals surface area (Å²) in [4.78, 5) is 12.0. The highest BCUT2D eigenvalue weighted by atomic mass is 16.7. The zero-order valence-corrected chi connectivity index (χ0v) is 13.5. The van der Waals surface area contributed by atoms with Gasteiger partial charge in [-0.15, -0.1) is 0 Å². The molecule has 6 heteroatoms. The lowest BCUT2D eigenvalue weighted by Gasteiger charge is -2.20. The van der Waals surface area contributed by atoms with Crippen LogP contribution >= 0.6 is 0 Å². The molecular weight excluding hydrogens is 310 g/mol. The first-order valence-electron chi connectivity index (χ1n) is 7.58. The molecule has 0 radical (unpaired) electrons. The van der Waals surface area contributed by atoms with Crippen LogP contribution in [0.3, 0.4) is 0 Å². The van der Waals surface area contributed by atoms with Gasteiger partial charge in [-0.1, -0.05) is 0 Å². The molecule has 6 nitrogen and oxygen atoms in total. The number of carbonyl (C=O) groups is 1. The van der Waals surface area contributed by atoms with Crippen LogP contribution in [-0.4, -0.2) is 24.4 Å². The molecule has 0 spiro atoms. The minimum atomic E-state index is -0.832. The number of benzene rings is 2. The molecule has 1 aliphatic heterocycles. The molecule has 2 aromatic rings. The lowest BCUT2D eigenvalue weighted by atomic mass is 9.93. The maximum atomic E-state index is 12.0. The van der Waals surface area contributed by atoms with Crippen LogP contribution in [0.5, 0.6) is 23.0 Å². The Hall–Kier alpha value is -2.73. The van der Waals surface area contributed by atoms with E-state index in [1.165, 1.54) is 0 Å². The van der Waals surface area contributed by atoms with Gasteiger partial charge in [0.1, 0.15) is 11.5 Å². The standard InChI is InChI=1S/C18H19NO5/c1-18(2,10-20)17(21)19-12-3-5-13(6-4-12)24-14-7-8-15-16(9-14)23-11-22-15/h3-9,20H,10-11H2,1-2H3,(H,19,21). The van der Waals surface area contributed by atoms with Gasteiger partial charge in [0, 0.05) is 11.8 Å². The molecule has 2 aromatic carbocycles. The first kappa shape index (κ1) is 16.1. The van der Waals surface area contributed by atoms with E-state index in [9.17, 15) is 9.90 Å². The van der Waals surface area contributed by atoms with E-state index >= 15 is 0 Å². The van der Waals surface area contributed by atoms with E-state index in [1.807, 2.05) is 0 Å². The van der Waals surface area contributed by atoms with E-state index in [0.717, 1.165) is 0 Å². The van der Waals surface area contributed by atoms with E-state index in [4.69, 9.17) is 14.2 Å². The summed E-state index contributed by atoms with van der Waals surface area (Å²) >= 11 is 0. The van der Waals surface area contributed by atoms with Crippen LogP contribution in [-0.2, 0) is 4.79 Å². The molecule has 0 aliphatic carbocycles. The Bertz CT molecular complexity index is 740. The van der Waals surface area contributed by atoms with Gasteiger partial charge in [-0.25, -0.2) is 0 Å². The molecule has 0 unspecified atom stereocenters. The molecule has 1 amide bonds. The number of ether oxygens (including phenoxy) is 3. The number of amides is 1. The van der Waals surface area contributed by atoms with Crippen LogP contribution in [0, 0.1) is 5.41 Å². The summed E-state index contributed by atoms with van der Waals surface area (Å²) in [6, 6.07) is 12.4. The minimum Gasteiger partial charge on any atom is -0.457 e. The summed E-state index contributed by atoms with van der Waals surface area (Å²) < 4.78 is 16.3. The maximum absolute atomic E-state index is 12.0. The van der Waals surface area contributed by atoms with Crippen molar-refractivity contribution in [2.45, 2.75) is 13.8 Å². The fraction of sp³-hybridized carbons (Fsp3) is 0.278. The van der Waals surface area contributed by atoms with Gasteiger partial charge in [-0.3, -0.25) is 4.79 Å². The quantitative estimate of drug-likeness (QED) is 0.881. The highest BCUT2D eigenvalue weighted by molar-refractivity contribution is 5.94. The number of hydrogen-bond acceptors (Lipinski definition) is 5. The molecule has 24 heavy (non-hydrogen) atoms. The van der Waals surface area contributed by atoms with Gasteiger partial charge < -0.3 is 24.6 Å². The summed E-state index contributed by atoms with van der Waals surface area (Å²) in [5.41, 5.74) is -0.193. The van der Waals surface area contributed by atoms with E-state index in [1.54, 1.807) is 56.3 Å². The molecule has 2 N–H and O–H groups in total. The molecule has 0 saturated carbocycles. The van der Waals surface area contributed by atoms with Crippen molar-refractivity contribution in [1.29, 1.82) is 0 Å².